The fraction of sp³-hybridized carbons (Fsp3) is 0.0667. The molecule has 3 amide bonds. The standard InChI is InChI=1S/C15H15N3O2/c16-14(19)12-7-4-8-13(9-12)18-15(20)17-10-11-5-2-1-3-6-11/h1-9H,10H2,(H2,16,19)(H2,17,18,20). The summed E-state index contributed by atoms with van der Waals surface area (Å²) in [4.78, 5) is 22.8. The highest BCUT2D eigenvalue weighted by molar-refractivity contribution is 5.95. The van der Waals surface area contributed by atoms with Crippen LogP contribution < -0.4 is 16.4 Å². The zero-order valence-corrected chi connectivity index (χ0v) is 10.8. The molecule has 102 valence electrons. The van der Waals surface area contributed by atoms with Gasteiger partial charge in [0.25, 0.3) is 0 Å². The number of benzene rings is 2. The Morgan fingerprint density at radius 2 is 1.75 bits per heavy atom. The maximum Gasteiger partial charge on any atom is 0.319 e. The van der Waals surface area contributed by atoms with Crippen molar-refractivity contribution in [1.82, 2.24) is 5.32 Å². The molecule has 0 radical (unpaired) electrons. The van der Waals surface area contributed by atoms with E-state index in [1.807, 2.05) is 30.3 Å². The van der Waals surface area contributed by atoms with Crippen LogP contribution >= 0.6 is 0 Å². The van der Waals surface area contributed by atoms with Gasteiger partial charge in [-0.1, -0.05) is 36.4 Å². The minimum atomic E-state index is -0.529. The molecule has 2 rings (SSSR count). The van der Waals surface area contributed by atoms with Crippen molar-refractivity contribution in [3.63, 3.8) is 0 Å². The third-order valence-electron chi connectivity index (χ3n) is 2.70. The molecule has 0 aromatic heterocycles. The second-order valence-corrected chi connectivity index (χ2v) is 4.24. The largest absolute Gasteiger partial charge is 0.366 e. The Balaban J connectivity index is 1.91. The number of carbonyl (C=O) groups excluding carboxylic acids is 2. The average Bonchev–Trinajstić information content (AvgIpc) is 2.46. The normalized spacial score (nSPS) is 9.80. The lowest BCUT2D eigenvalue weighted by Gasteiger charge is -2.08. The molecule has 0 fully saturated rings. The van der Waals surface area contributed by atoms with Crippen molar-refractivity contribution in [3.8, 4) is 0 Å². The average molecular weight is 269 g/mol. The van der Waals surface area contributed by atoms with Crippen LogP contribution in [-0.2, 0) is 6.54 Å². The van der Waals surface area contributed by atoms with E-state index in [0.717, 1.165) is 5.56 Å². The van der Waals surface area contributed by atoms with E-state index >= 15 is 0 Å². The third kappa shape index (κ3) is 3.84. The van der Waals surface area contributed by atoms with E-state index in [2.05, 4.69) is 10.6 Å². The van der Waals surface area contributed by atoms with Gasteiger partial charge in [-0.2, -0.15) is 0 Å². The Hall–Kier alpha value is -2.82. The van der Waals surface area contributed by atoms with Crippen molar-refractivity contribution >= 4 is 17.6 Å². The molecule has 5 heteroatoms. The van der Waals surface area contributed by atoms with Crippen LogP contribution in [0, 0.1) is 0 Å². The summed E-state index contributed by atoms with van der Waals surface area (Å²) >= 11 is 0. The van der Waals surface area contributed by atoms with Crippen molar-refractivity contribution in [3.05, 3.63) is 65.7 Å². The lowest BCUT2D eigenvalue weighted by Crippen LogP contribution is -2.28. The van der Waals surface area contributed by atoms with Gasteiger partial charge in [0.05, 0.1) is 0 Å². The molecule has 5 nitrogen and oxygen atoms in total. The summed E-state index contributed by atoms with van der Waals surface area (Å²) < 4.78 is 0. The van der Waals surface area contributed by atoms with Gasteiger partial charge >= 0.3 is 6.03 Å². The lowest BCUT2D eigenvalue weighted by molar-refractivity contribution is 0.100. The molecule has 0 saturated carbocycles. The number of hydrogen-bond donors (Lipinski definition) is 3. The Morgan fingerprint density at radius 1 is 1.00 bits per heavy atom. The van der Waals surface area contributed by atoms with E-state index < -0.39 is 5.91 Å². The number of urea groups is 1. The molecular formula is C15H15N3O2. The number of nitrogens with two attached hydrogens (primary N) is 1. The van der Waals surface area contributed by atoms with Crippen molar-refractivity contribution in [2.24, 2.45) is 5.73 Å². The second kappa shape index (κ2) is 6.38. The molecule has 20 heavy (non-hydrogen) atoms. The summed E-state index contributed by atoms with van der Waals surface area (Å²) in [7, 11) is 0. The second-order valence-electron chi connectivity index (χ2n) is 4.24. The number of anilines is 1. The molecule has 0 saturated heterocycles. The molecule has 2 aromatic carbocycles. The van der Waals surface area contributed by atoms with Crippen LogP contribution in [0.4, 0.5) is 10.5 Å². The van der Waals surface area contributed by atoms with E-state index in [1.54, 1.807) is 18.2 Å². The van der Waals surface area contributed by atoms with E-state index in [1.165, 1.54) is 6.07 Å². The fourth-order valence-electron chi connectivity index (χ4n) is 1.70. The van der Waals surface area contributed by atoms with Crippen LogP contribution in [0.5, 0.6) is 0 Å². The zero-order valence-electron chi connectivity index (χ0n) is 10.8. The predicted octanol–water partition coefficient (Wildman–Crippen LogP) is 2.11. The third-order valence-corrected chi connectivity index (χ3v) is 2.70. The maximum absolute atomic E-state index is 11.7. The summed E-state index contributed by atoms with van der Waals surface area (Å²) in [5.41, 5.74) is 7.06. The first kappa shape index (κ1) is 13.6. The van der Waals surface area contributed by atoms with Gasteiger partial charge in [0.1, 0.15) is 0 Å². The topological polar surface area (TPSA) is 84.2 Å². The molecule has 0 atom stereocenters. The van der Waals surface area contributed by atoms with Crippen molar-refractivity contribution < 1.29 is 9.59 Å². The number of nitrogens with one attached hydrogen (secondary N) is 2. The summed E-state index contributed by atoms with van der Waals surface area (Å²) in [6, 6.07) is 15.7. The highest BCUT2D eigenvalue weighted by Crippen LogP contribution is 2.10. The summed E-state index contributed by atoms with van der Waals surface area (Å²) in [5.74, 6) is -0.529. The number of hydrogen-bond acceptors (Lipinski definition) is 2. The summed E-state index contributed by atoms with van der Waals surface area (Å²) in [6.07, 6.45) is 0. The van der Waals surface area contributed by atoms with Crippen LogP contribution in [0.2, 0.25) is 0 Å². The highest BCUT2D eigenvalue weighted by atomic mass is 16.2. The molecule has 0 heterocycles. The van der Waals surface area contributed by atoms with Gasteiger partial charge < -0.3 is 16.4 Å². The van der Waals surface area contributed by atoms with Gasteiger partial charge in [-0.25, -0.2) is 4.79 Å². The van der Waals surface area contributed by atoms with Gasteiger partial charge in [0, 0.05) is 17.8 Å². The minimum Gasteiger partial charge on any atom is -0.366 e. The van der Waals surface area contributed by atoms with Gasteiger partial charge in [0.15, 0.2) is 0 Å². The van der Waals surface area contributed by atoms with E-state index in [0.29, 0.717) is 17.8 Å². The molecule has 0 aliphatic carbocycles. The monoisotopic (exact) mass is 269 g/mol. The predicted molar refractivity (Wildman–Crippen MR) is 77.3 cm³/mol. The van der Waals surface area contributed by atoms with Crippen LogP contribution in [0.15, 0.2) is 54.6 Å². The van der Waals surface area contributed by atoms with E-state index in [9.17, 15) is 9.59 Å². The van der Waals surface area contributed by atoms with E-state index in [-0.39, 0.29) is 6.03 Å². The molecule has 0 unspecified atom stereocenters. The van der Waals surface area contributed by atoms with Gasteiger partial charge in [-0.15, -0.1) is 0 Å². The smallest absolute Gasteiger partial charge is 0.319 e. The molecule has 0 bridgehead atoms. The molecule has 0 spiro atoms. The van der Waals surface area contributed by atoms with Crippen LogP contribution in [0.1, 0.15) is 15.9 Å². The first-order valence-electron chi connectivity index (χ1n) is 6.14. The number of carbonyl (C=O) groups is 2. The molecule has 0 aliphatic rings. The first-order valence-corrected chi connectivity index (χ1v) is 6.14. The van der Waals surface area contributed by atoms with Crippen LogP contribution in [0.25, 0.3) is 0 Å². The molecule has 2 aromatic rings. The quantitative estimate of drug-likeness (QED) is 0.794. The lowest BCUT2D eigenvalue weighted by atomic mass is 10.2. The summed E-state index contributed by atoms with van der Waals surface area (Å²) in [6.45, 7) is 0.433. The minimum absolute atomic E-state index is 0.338. The fourth-order valence-corrected chi connectivity index (χ4v) is 1.70. The van der Waals surface area contributed by atoms with Gasteiger partial charge in [-0.05, 0) is 23.8 Å². The maximum atomic E-state index is 11.7. The van der Waals surface area contributed by atoms with Gasteiger partial charge in [-0.3, -0.25) is 4.79 Å². The Labute approximate surface area is 116 Å². The Kier molecular flexibility index (Phi) is 4.34. The molecule has 0 aliphatic heterocycles. The Morgan fingerprint density at radius 3 is 2.45 bits per heavy atom. The van der Waals surface area contributed by atoms with Crippen molar-refractivity contribution in [2.45, 2.75) is 6.54 Å². The van der Waals surface area contributed by atoms with Crippen LogP contribution in [0.3, 0.4) is 0 Å². The van der Waals surface area contributed by atoms with Crippen molar-refractivity contribution in [1.29, 1.82) is 0 Å². The van der Waals surface area contributed by atoms with Crippen LogP contribution in [-0.4, -0.2) is 11.9 Å². The Bertz CT molecular complexity index is 612. The SMILES string of the molecule is NC(=O)c1cccc(NC(=O)NCc2ccccc2)c1. The molecule has 4 N–H and O–H groups in total. The first-order chi connectivity index (χ1) is 9.65. The number of rotatable bonds is 4. The number of amides is 3. The van der Waals surface area contributed by atoms with Crippen molar-refractivity contribution in [2.75, 3.05) is 5.32 Å². The highest BCUT2D eigenvalue weighted by Gasteiger charge is 2.04. The number of primary amides is 1. The molecular weight excluding hydrogens is 254 g/mol. The van der Waals surface area contributed by atoms with Gasteiger partial charge in [0.2, 0.25) is 5.91 Å². The van der Waals surface area contributed by atoms with E-state index in [4.69, 9.17) is 5.73 Å². The zero-order chi connectivity index (χ0) is 14.4. The summed E-state index contributed by atoms with van der Waals surface area (Å²) in [5, 5.41) is 5.38.